The van der Waals surface area contributed by atoms with Gasteiger partial charge in [-0.05, 0) is 40.5 Å². The lowest BCUT2D eigenvalue weighted by atomic mass is 9.92. The van der Waals surface area contributed by atoms with Gasteiger partial charge in [-0.2, -0.15) is 13.2 Å². The molecule has 3 aromatic carbocycles. The molecular formula is C23H21F3N2O2. The summed E-state index contributed by atoms with van der Waals surface area (Å²) in [4.78, 5) is 12.9. The number of amides is 1. The third-order valence-corrected chi connectivity index (χ3v) is 5.35. The molecule has 0 aliphatic carbocycles. The molecule has 1 fully saturated rings. The van der Waals surface area contributed by atoms with Gasteiger partial charge in [0.1, 0.15) is 0 Å². The summed E-state index contributed by atoms with van der Waals surface area (Å²) in [5.41, 5.74) is 0.172. The lowest BCUT2D eigenvalue weighted by Crippen LogP contribution is -2.50. The van der Waals surface area contributed by atoms with Crippen LogP contribution in [-0.4, -0.2) is 36.2 Å². The fourth-order valence-electron chi connectivity index (χ4n) is 4.00. The molecular weight excluding hydrogens is 393 g/mol. The second kappa shape index (κ2) is 8.08. The molecule has 0 saturated carbocycles. The number of carbonyl (C=O) groups excluding carboxylic acids is 1. The number of benzene rings is 3. The topological polar surface area (TPSA) is 61.4 Å². The van der Waals surface area contributed by atoms with Crippen molar-refractivity contribution in [3.8, 4) is 11.1 Å². The number of aliphatic hydroxyl groups is 1. The Balaban J connectivity index is 1.75. The van der Waals surface area contributed by atoms with E-state index < -0.39 is 17.8 Å². The van der Waals surface area contributed by atoms with Crippen molar-refractivity contribution in [2.75, 3.05) is 13.1 Å². The van der Waals surface area contributed by atoms with Gasteiger partial charge in [0.2, 0.25) is 0 Å². The van der Waals surface area contributed by atoms with Gasteiger partial charge >= 0.3 is 6.18 Å². The zero-order chi connectivity index (χ0) is 21.3. The number of aliphatic hydroxyl groups excluding tert-OH is 1. The molecule has 0 aromatic heterocycles. The van der Waals surface area contributed by atoms with Crippen LogP contribution in [0.2, 0.25) is 0 Å². The van der Waals surface area contributed by atoms with Crippen LogP contribution in [0, 0.1) is 0 Å². The Morgan fingerprint density at radius 3 is 2.40 bits per heavy atom. The maximum Gasteiger partial charge on any atom is 0.417 e. The molecule has 3 aromatic rings. The number of alkyl halides is 3. The summed E-state index contributed by atoms with van der Waals surface area (Å²) in [5.74, 6) is -0.317. The van der Waals surface area contributed by atoms with Crippen molar-refractivity contribution in [1.29, 1.82) is 0 Å². The number of halogens is 3. The first-order valence-corrected chi connectivity index (χ1v) is 9.72. The Morgan fingerprint density at radius 1 is 0.933 bits per heavy atom. The first-order valence-electron chi connectivity index (χ1n) is 9.72. The predicted molar refractivity (Wildman–Crippen MR) is 109 cm³/mol. The van der Waals surface area contributed by atoms with Gasteiger partial charge in [0, 0.05) is 24.7 Å². The maximum atomic E-state index is 13.5. The monoisotopic (exact) mass is 414 g/mol. The zero-order valence-electron chi connectivity index (χ0n) is 16.0. The Morgan fingerprint density at radius 2 is 1.63 bits per heavy atom. The second-order valence-corrected chi connectivity index (χ2v) is 7.47. The minimum atomic E-state index is -4.48. The van der Waals surface area contributed by atoms with Crippen LogP contribution in [0.3, 0.4) is 0 Å². The summed E-state index contributed by atoms with van der Waals surface area (Å²) in [6.45, 7) is 1.04. The van der Waals surface area contributed by atoms with Gasteiger partial charge in [-0.3, -0.25) is 4.79 Å². The number of rotatable bonds is 3. The molecule has 30 heavy (non-hydrogen) atoms. The van der Waals surface area contributed by atoms with Gasteiger partial charge in [-0.15, -0.1) is 0 Å². The van der Waals surface area contributed by atoms with Crippen molar-refractivity contribution >= 4 is 16.7 Å². The minimum Gasteiger partial charge on any atom is -0.392 e. The van der Waals surface area contributed by atoms with E-state index in [0.717, 1.165) is 6.07 Å². The molecule has 1 amide bonds. The molecule has 0 radical (unpaired) electrons. The van der Waals surface area contributed by atoms with Gasteiger partial charge in [0.25, 0.3) is 5.91 Å². The number of hydrogen-bond donors (Lipinski definition) is 3. The van der Waals surface area contributed by atoms with Crippen LogP contribution >= 0.6 is 0 Å². The summed E-state index contributed by atoms with van der Waals surface area (Å²) < 4.78 is 40.6. The SMILES string of the molecule is O=C(N[C@@H]1CNC[C@H](O)C1)c1cccc2c(-c3ccccc3C(F)(F)F)cccc12. The average molecular weight is 414 g/mol. The molecule has 7 heteroatoms. The molecule has 1 aliphatic heterocycles. The molecule has 0 spiro atoms. The first kappa shape index (κ1) is 20.4. The van der Waals surface area contributed by atoms with Crippen molar-refractivity contribution < 1.29 is 23.1 Å². The number of piperidine rings is 1. The maximum absolute atomic E-state index is 13.5. The Hall–Kier alpha value is -2.90. The highest BCUT2D eigenvalue weighted by molar-refractivity contribution is 6.10. The van der Waals surface area contributed by atoms with Gasteiger partial charge in [0.05, 0.1) is 11.7 Å². The van der Waals surface area contributed by atoms with Crippen molar-refractivity contribution in [3.05, 3.63) is 71.8 Å². The Kier molecular flexibility index (Phi) is 5.49. The number of nitrogens with one attached hydrogen (secondary N) is 2. The molecule has 0 unspecified atom stereocenters. The minimum absolute atomic E-state index is 0.0766. The second-order valence-electron chi connectivity index (χ2n) is 7.47. The molecule has 3 N–H and O–H groups in total. The van der Waals surface area contributed by atoms with Crippen LogP contribution in [-0.2, 0) is 6.18 Å². The summed E-state index contributed by atoms with van der Waals surface area (Å²) in [6.07, 6.45) is -4.56. The highest BCUT2D eigenvalue weighted by atomic mass is 19.4. The fraction of sp³-hybridized carbons (Fsp3) is 0.261. The molecule has 156 valence electrons. The summed E-state index contributed by atoms with van der Waals surface area (Å²) in [7, 11) is 0. The van der Waals surface area contributed by atoms with Gasteiger partial charge in [-0.1, -0.05) is 48.5 Å². The van der Waals surface area contributed by atoms with Crippen molar-refractivity contribution in [1.82, 2.24) is 10.6 Å². The third-order valence-electron chi connectivity index (χ3n) is 5.35. The summed E-state index contributed by atoms with van der Waals surface area (Å²) in [5, 5.41) is 16.9. The smallest absolute Gasteiger partial charge is 0.392 e. The highest BCUT2D eigenvalue weighted by Gasteiger charge is 2.33. The number of carbonyl (C=O) groups is 1. The van der Waals surface area contributed by atoms with Gasteiger partial charge in [0.15, 0.2) is 0 Å². The number of fused-ring (bicyclic) bond motifs is 1. The van der Waals surface area contributed by atoms with E-state index in [-0.39, 0.29) is 17.5 Å². The van der Waals surface area contributed by atoms with E-state index in [2.05, 4.69) is 10.6 Å². The van der Waals surface area contributed by atoms with Gasteiger partial charge < -0.3 is 15.7 Å². The largest absolute Gasteiger partial charge is 0.417 e. The van der Waals surface area contributed by atoms with E-state index in [1.54, 1.807) is 42.5 Å². The summed E-state index contributed by atoms with van der Waals surface area (Å²) >= 11 is 0. The van der Waals surface area contributed by atoms with Crippen LogP contribution in [0.4, 0.5) is 13.2 Å². The van der Waals surface area contributed by atoms with E-state index in [9.17, 15) is 23.1 Å². The van der Waals surface area contributed by atoms with Gasteiger partial charge in [-0.25, -0.2) is 0 Å². The molecule has 0 bridgehead atoms. The molecule has 2 atom stereocenters. The van der Waals surface area contributed by atoms with Crippen molar-refractivity contribution in [3.63, 3.8) is 0 Å². The Labute approximate surface area is 171 Å². The summed E-state index contributed by atoms with van der Waals surface area (Å²) in [6, 6.07) is 15.3. The van der Waals surface area contributed by atoms with Crippen LogP contribution in [0.15, 0.2) is 60.7 Å². The highest BCUT2D eigenvalue weighted by Crippen LogP contribution is 2.39. The zero-order valence-corrected chi connectivity index (χ0v) is 16.0. The lowest BCUT2D eigenvalue weighted by Gasteiger charge is -2.27. The van der Waals surface area contributed by atoms with Crippen molar-refractivity contribution in [2.24, 2.45) is 0 Å². The number of β-amino-alcohol motifs (C(OH)–C–C–N with tert-alkyl or cyclic N) is 1. The number of hydrogen-bond acceptors (Lipinski definition) is 3. The fourth-order valence-corrected chi connectivity index (χ4v) is 4.00. The molecule has 4 nitrogen and oxygen atoms in total. The van der Waals surface area contributed by atoms with E-state index in [4.69, 9.17) is 0 Å². The van der Waals surface area contributed by atoms with Crippen LogP contribution in [0.1, 0.15) is 22.3 Å². The molecule has 1 aliphatic rings. The molecule has 4 rings (SSSR count). The van der Waals surface area contributed by atoms with Crippen LogP contribution in [0.25, 0.3) is 21.9 Å². The van der Waals surface area contributed by atoms with E-state index in [1.807, 2.05) is 0 Å². The third kappa shape index (κ3) is 4.04. The van der Waals surface area contributed by atoms with E-state index in [1.165, 1.54) is 12.1 Å². The Bertz CT molecular complexity index is 1080. The van der Waals surface area contributed by atoms with E-state index >= 15 is 0 Å². The molecule has 1 heterocycles. The lowest BCUT2D eigenvalue weighted by molar-refractivity contribution is -0.137. The molecule has 1 saturated heterocycles. The normalized spacial score (nSPS) is 19.6. The van der Waals surface area contributed by atoms with E-state index in [0.29, 0.717) is 41.4 Å². The van der Waals surface area contributed by atoms with Crippen molar-refractivity contribution in [2.45, 2.75) is 24.7 Å². The standard InChI is InChI=1S/C23H21F3N2O2/c24-23(25,26)21-10-2-1-5-19(21)17-7-3-8-18-16(17)6-4-9-20(18)22(30)28-14-11-15(29)13-27-12-14/h1-10,14-15,27,29H,11-13H2,(H,28,30)/t14-,15+/m0/s1. The predicted octanol–water partition coefficient (Wildman–Crippen LogP) is 3.98. The average Bonchev–Trinajstić information content (AvgIpc) is 2.72. The quantitative estimate of drug-likeness (QED) is 0.608. The first-order chi connectivity index (χ1) is 14.3. The van der Waals surface area contributed by atoms with Crippen LogP contribution in [0.5, 0.6) is 0 Å². The van der Waals surface area contributed by atoms with Crippen LogP contribution < -0.4 is 10.6 Å².